The van der Waals surface area contributed by atoms with Gasteiger partial charge in [0.25, 0.3) is 5.91 Å². The molecule has 226 valence electrons. The number of nitrogens with one attached hydrogen (secondary N) is 1. The maximum Gasteiger partial charge on any atom is 0.351 e. The first-order valence-corrected chi connectivity index (χ1v) is 15.4. The Labute approximate surface area is 243 Å². The van der Waals surface area contributed by atoms with Gasteiger partial charge in [-0.25, -0.2) is 4.79 Å². The Morgan fingerprint density at radius 2 is 1.56 bits per heavy atom. The van der Waals surface area contributed by atoms with Crippen LogP contribution in [0.3, 0.4) is 0 Å². The number of amides is 1. The summed E-state index contributed by atoms with van der Waals surface area (Å²) in [5.74, 6) is -0.564. The number of aliphatic hydroxyl groups excluding tert-OH is 1. The minimum atomic E-state index is -0.736. The second kappa shape index (κ2) is 18.4. The number of aliphatic hydroxyl groups is 1. The molecule has 2 heterocycles. The molecule has 3 unspecified atom stereocenters. The van der Waals surface area contributed by atoms with E-state index >= 15 is 0 Å². The van der Waals surface area contributed by atoms with Gasteiger partial charge in [0.1, 0.15) is 24.3 Å². The van der Waals surface area contributed by atoms with E-state index in [-0.39, 0.29) is 30.7 Å². The summed E-state index contributed by atoms with van der Waals surface area (Å²) in [7, 11) is 0. The summed E-state index contributed by atoms with van der Waals surface area (Å²) in [5, 5.41) is 12.4. The molecule has 1 aromatic heterocycles. The second-order valence-corrected chi connectivity index (χ2v) is 10.9. The van der Waals surface area contributed by atoms with E-state index in [9.17, 15) is 19.5 Å². The number of hydrogen-bond acceptors (Lipinski definition) is 7. The lowest BCUT2D eigenvalue weighted by molar-refractivity contribution is -0.153. The largest absolute Gasteiger partial charge is 0.459 e. The van der Waals surface area contributed by atoms with Crippen molar-refractivity contribution in [1.82, 2.24) is 9.55 Å². The maximum absolute atomic E-state index is 12.7. The summed E-state index contributed by atoms with van der Waals surface area (Å²) in [6, 6.07) is 10.1. The third kappa shape index (κ3) is 11.4. The SMILES string of the molecule is CCCCCCCCCCCCCCCC(=O)OC1CC(n2ccc(NC(=O)c3ccccc3)nc2=O)OC1CO. The number of ether oxygens (including phenoxy) is 2. The van der Waals surface area contributed by atoms with E-state index in [1.54, 1.807) is 24.3 Å². The van der Waals surface area contributed by atoms with Gasteiger partial charge in [0.05, 0.1) is 6.61 Å². The maximum atomic E-state index is 12.7. The van der Waals surface area contributed by atoms with Crippen molar-refractivity contribution < 1.29 is 24.2 Å². The molecule has 9 heteroatoms. The predicted octanol–water partition coefficient (Wildman–Crippen LogP) is 6.17. The van der Waals surface area contributed by atoms with Gasteiger partial charge in [-0.2, -0.15) is 4.98 Å². The minimum Gasteiger partial charge on any atom is -0.459 e. The molecule has 0 radical (unpaired) electrons. The fourth-order valence-electron chi connectivity index (χ4n) is 5.15. The monoisotopic (exact) mass is 569 g/mol. The third-order valence-electron chi connectivity index (χ3n) is 7.55. The number of hydrogen-bond donors (Lipinski definition) is 2. The molecule has 41 heavy (non-hydrogen) atoms. The number of aromatic nitrogens is 2. The average molecular weight is 570 g/mol. The zero-order valence-corrected chi connectivity index (χ0v) is 24.5. The molecule has 3 atom stereocenters. The second-order valence-electron chi connectivity index (χ2n) is 10.9. The van der Waals surface area contributed by atoms with Crippen molar-refractivity contribution in [2.24, 2.45) is 0 Å². The predicted molar refractivity (Wildman–Crippen MR) is 159 cm³/mol. The molecule has 1 aliphatic heterocycles. The van der Waals surface area contributed by atoms with Crippen LogP contribution in [0, 0.1) is 0 Å². The van der Waals surface area contributed by atoms with Crippen molar-refractivity contribution in [1.29, 1.82) is 0 Å². The van der Waals surface area contributed by atoms with Gasteiger partial charge in [-0.15, -0.1) is 0 Å². The minimum absolute atomic E-state index is 0.123. The molecule has 1 fully saturated rings. The van der Waals surface area contributed by atoms with E-state index in [0.717, 1.165) is 19.3 Å². The molecule has 1 aliphatic rings. The van der Waals surface area contributed by atoms with Crippen molar-refractivity contribution in [3.63, 3.8) is 0 Å². The van der Waals surface area contributed by atoms with Crippen molar-refractivity contribution in [3.05, 3.63) is 58.6 Å². The molecular weight excluding hydrogens is 522 g/mol. The molecule has 0 saturated carbocycles. The first-order chi connectivity index (χ1) is 20.0. The molecule has 0 aliphatic carbocycles. The smallest absolute Gasteiger partial charge is 0.351 e. The van der Waals surface area contributed by atoms with Crippen molar-refractivity contribution in [2.45, 2.75) is 122 Å². The Morgan fingerprint density at radius 3 is 2.15 bits per heavy atom. The summed E-state index contributed by atoms with van der Waals surface area (Å²) < 4.78 is 12.7. The Kier molecular flexibility index (Phi) is 14.6. The summed E-state index contributed by atoms with van der Waals surface area (Å²) in [5.41, 5.74) is -0.164. The molecule has 0 bridgehead atoms. The van der Waals surface area contributed by atoms with Crippen molar-refractivity contribution in [3.8, 4) is 0 Å². The number of unbranched alkanes of at least 4 members (excludes halogenated alkanes) is 12. The van der Waals surface area contributed by atoms with Crippen LogP contribution in [0.2, 0.25) is 0 Å². The Balaban J connectivity index is 1.33. The molecule has 2 aromatic rings. The topological polar surface area (TPSA) is 120 Å². The van der Waals surface area contributed by atoms with Crippen LogP contribution in [-0.2, 0) is 14.3 Å². The Hall–Kier alpha value is -3.04. The standard InChI is InChI=1S/C32H47N3O6/c1-2-3-4-5-6-7-8-9-10-11-12-13-17-20-30(37)41-26-23-29(40-27(26)24-36)35-22-21-28(34-32(35)39)33-31(38)25-18-15-14-16-19-25/h14-16,18-19,21-22,26-27,29,36H,2-13,17,20,23-24H2,1H3,(H,33,34,38,39). The van der Waals surface area contributed by atoms with Crippen LogP contribution in [0.4, 0.5) is 5.82 Å². The van der Waals surface area contributed by atoms with E-state index in [1.807, 2.05) is 6.07 Å². The lowest BCUT2D eigenvalue weighted by atomic mass is 10.0. The normalized spacial score (nSPS) is 18.3. The summed E-state index contributed by atoms with van der Waals surface area (Å²) in [4.78, 5) is 41.4. The van der Waals surface area contributed by atoms with Crippen LogP contribution in [-0.4, -0.2) is 45.3 Å². The zero-order valence-electron chi connectivity index (χ0n) is 24.5. The zero-order chi connectivity index (χ0) is 29.3. The van der Waals surface area contributed by atoms with Gasteiger partial charge in [-0.05, 0) is 24.6 Å². The summed E-state index contributed by atoms with van der Waals surface area (Å²) >= 11 is 0. The molecule has 3 rings (SSSR count). The molecule has 0 spiro atoms. The van der Waals surface area contributed by atoms with Gasteiger partial charge in [0.2, 0.25) is 0 Å². The lowest BCUT2D eigenvalue weighted by Crippen LogP contribution is -2.30. The number of rotatable bonds is 19. The van der Waals surface area contributed by atoms with Gasteiger partial charge >= 0.3 is 11.7 Å². The molecule has 1 amide bonds. The number of nitrogens with zero attached hydrogens (tertiary/aromatic N) is 2. The van der Waals surface area contributed by atoms with E-state index in [2.05, 4.69) is 17.2 Å². The highest BCUT2D eigenvalue weighted by Crippen LogP contribution is 2.30. The van der Waals surface area contributed by atoms with Gasteiger partial charge in [-0.1, -0.05) is 102 Å². The average Bonchev–Trinajstić information content (AvgIpc) is 3.38. The number of carbonyl (C=O) groups is 2. The van der Waals surface area contributed by atoms with Crippen LogP contribution >= 0.6 is 0 Å². The van der Waals surface area contributed by atoms with E-state index in [1.165, 1.54) is 81.0 Å². The first-order valence-electron chi connectivity index (χ1n) is 15.4. The highest BCUT2D eigenvalue weighted by Gasteiger charge is 2.39. The fraction of sp³-hybridized carbons (Fsp3) is 0.625. The van der Waals surface area contributed by atoms with Gasteiger partial charge in [0, 0.05) is 24.6 Å². The summed E-state index contributed by atoms with van der Waals surface area (Å²) in [6.45, 7) is 1.91. The number of carbonyl (C=O) groups excluding carboxylic acids is 2. The Morgan fingerprint density at radius 1 is 0.951 bits per heavy atom. The highest BCUT2D eigenvalue weighted by molar-refractivity contribution is 6.03. The molecule has 9 nitrogen and oxygen atoms in total. The van der Waals surface area contributed by atoms with Gasteiger partial charge in [0.15, 0.2) is 0 Å². The van der Waals surface area contributed by atoms with Crippen LogP contribution in [0.5, 0.6) is 0 Å². The number of benzene rings is 1. The van der Waals surface area contributed by atoms with Gasteiger partial charge in [-0.3, -0.25) is 14.2 Å². The molecule has 2 N–H and O–H groups in total. The van der Waals surface area contributed by atoms with Crippen LogP contribution in [0.1, 0.15) is 120 Å². The fourth-order valence-corrected chi connectivity index (χ4v) is 5.15. The first kappa shape index (κ1) is 32.5. The van der Waals surface area contributed by atoms with Crippen molar-refractivity contribution >= 4 is 17.7 Å². The number of anilines is 1. The third-order valence-corrected chi connectivity index (χ3v) is 7.55. The van der Waals surface area contributed by atoms with Crippen LogP contribution in [0.25, 0.3) is 0 Å². The quantitative estimate of drug-likeness (QED) is 0.153. The molecular formula is C32H47N3O6. The van der Waals surface area contributed by atoms with E-state index in [0.29, 0.717) is 12.0 Å². The van der Waals surface area contributed by atoms with Crippen molar-refractivity contribution in [2.75, 3.05) is 11.9 Å². The highest BCUT2D eigenvalue weighted by atomic mass is 16.6. The summed E-state index contributed by atoms with van der Waals surface area (Å²) in [6.07, 6.45) is 16.0. The number of esters is 1. The van der Waals surface area contributed by atoms with Crippen LogP contribution in [0.15, 0.2) is 47.4 Å². The molecule has 1 saturated heterocycles. The Bertz CT molecular complexity index is 1110. The lowest BCUT2D eigenvalue weighted by Gasteiger charge is -2.16. The van der Waals surface area contributed by atoms with Gasteiger partial charge < -0.3 is 19.9 Å². The van der Waals surface area contributed by atoms with E-state index in [4.69, 9.17) is 9.47 Å². The molecule has 1 aromatic carbocycles. The van der Waals surface area contributed by atoms with Crippen LogP contribution < -0.4 is 11.0 Å². The van der Waals surface area contributed by atoms with E-state index < -0.39 is 24.1 Å².